The van der Waals surface area contributed by atoms with Crippen molar-refractivity contribution in [3.63, 3.8) is 0 Å². The molecule has 0 atom stereocenters. The maximum absolute atomic E-state index is 9.26. The Bertz CT molecular complexity index is 204. The maximum atomic E-state index is 9.26. The van der Waals surface area contributed by atoms with E-state index in [0.29, 0.717) is 0 Å². The van der Waals surface area contributed by atoms with E-state index >= 15 is 0 Å². The minimum atomic E-state index is 0.101. The molecule has 0 amide bonds. The molecule has 1 heteroatoms. The standard InChI is InChI=1S/C12H19N/c13-10-12(7-2-1-3-8-12)9-11-5-4-6-11/h11H,1-9H2. The molecule has 2 aliphatic carbocycles. The van der Waals surface area contributed by atoms with Crippen molar-refractivity contribution in [2.24, 2.45) is 11.3 Å². The highest BCUT2D eigenvalue weighted by Crippen LogP contribution is 2.45. The number of rotatable bonds is 2. The maximum Gasteiger partial charge on any atom is 0.0689 e. The van der Waals surface area contributed by atoms with Crippen molar-refractivity contribution >= 4 is 0 Å². The fourth-order valence-corrected chi connectivity index (χ4v) is 2.84. The summed E-state index contributed by atoms with van der Waals surface area (Å²) >= 11 is 0. The van der Waals surface area contributed by atoms with Crippen molar-refractivity contribution in [1.82, 2.24) is 0 Å². The van der Waals surface area contributed by atoms with E-state index in [0.717, 1.165) is 5.92 Å². The predicted molar refractivity (Wildman–Crippen MR) is 53.1 cm³/mol. The highest BCUT2D eigenvalue weighted by atomic mass is 14.4. The van der Waals surface area contributed by atoms with E-state index in [9.17, 15) is 5.26 Å². The smallest absolute Gasteiger partial charge is 0.0689 e. The summed E-state index contributed by atoms with van der Waals surface area (Å²) in [6.45, 7) is 0. The fourth-order valence-electron chi connectivity index (χ4n) is 2.84. The van der Waals surface area contributed by atoms with Gasteiger partial charge >= 0.3 is 0 Å². The largest absolute Gasteiger partial charge is 0.198 e. The first-order valence-corrected chi connectivity index (χ1v) is 5.76. The van der Waals surface area contributed by atoms with Crippen molar-refractivity contribution in [3.05, 3.63) is 0 Å². The zero-order valence-corrected chi connectivity index (χ0v) is 8.39. The second-order valence-electron chi connectivity index (χ2n) is 4.95. The molecule has 0 aromatic rings. The van der Waals surface area contributed by atoms with Crippen molar-refractivity contribution in [2.45, 2.75) is 57.8 Å². The van der Waals surface area contributed by atoms with Crippen LogP contribution >= 0.6 is 0 Å². The molecule has 2 aliphatic rings. The average molecular weight is 177 g/mol. The van der Waals surface area contributed by atoms with Gasteiger partial charge in [0.15, 0.2) is 0 Å². The van der Waals surface area contributed by atoms with Gasteiger partial charge < -0.3 is 0 Å². The van der Waals surface area contributed by atoms with Crippen LogP contribution in [0.2, 0.25) is 0 Å². The Kier molecular flexibility index (Phi) is 2.58. The van der Waals surface area contributed by atoms with Crippen LogP contribution in [0, 0.1) is 22.7 Å². The quantitative estimate of drug-likeness (QED) is 0.631. The second kappa shape index (κ2) is 3.70. The molecule has 0 aromatic carbocycles. The third-order valence-electron chi connectivity index (χ3n) is 3.95. The first-order chi connectivity index (χ1) is 6.35. The van der Waals surface area contributed by atoms with Gasteiger partial charge in [0, 0.05) is 0 Å². The van der Waals surface area contributed by atoms with Crippen LogP contribution in [0.3, 0.4) is 0 Å². The molecule has 0 bridgehead atoms. The molecular weight excluding hydrogens is 158 g/mol. The van der Waals surface area contributed by atoms with Gasteiger partial charge in [-0.3, -0.25) is 0 Å². The normalized spacial score (nSPS) is 27.6. The van der Waals surface area contributed by atoms with Gasteiger partial charge in [-0.15, -0.1) is 0 Å². The molecule has 13 heavy (non-hydrogen) atoms. The topological polar surface area (TPSA) is 23.8 Å². The van der Waals surface area contributed by atoms with Gasteiger partial charge in [-0.05, 0) is 25.2 Å². The van der Waals surface area contributed by atoms with Crippen molar-refractivity contribution in [2.75, 3.05) is 0 Å². The molecule has 0 heterocycles. The molecule has 0 spiro atoms. The Balaban J connectivity index is 1.93. The van der Waals surface area contributed by atoms with E-state index in [-0.39, 0.29) is 5.41 Å². The van der Waals surface area contributed by atoms with E-state index in [1.807, 2.05) is 0 Å². The molecule has 0 radical (unpaired) electrons. The van der Waals surface area contributed by atoms with Gasteiger partial charge in [-0.2, -0.15) is 5.26 Å². The van der Waals surface area contributed by atoms with Gasteiger partial charge in [0.1, 0.15) is 0 Å². The summed E-state index contributed by atoms with van der Waals surface area (Å²) in [4.78, 5) is 0. The number of hydrogen-bond donors (Lipinski definition) is 0. The van der Waals surface area contributed by atoms with Gasteiger partial charge in [-0.1, -0.05) is 38.5 Å². The molecule has 0 N–H and O–H groups in total. The molecule has 0 unspecified atom stereocenters. The SMILES string of the molecule is N#CC1(CC2CCC2)CCCCC1. The first kappa shape index (κ1) is 9.06. The van der Waals surface area contributed by atoms with Crippen molar-refractivity contribution in [1.29, 1.82) is 5.26 Å². The Labute approximate surface area is 81.1 Å². The zero-order valence-electron chi connectivity index (χ0n) is 8.39. The van der Waals surface area contributed by atoms with Gasteiger partial charge in [-0.25, -0.2) is 0 Å². The number of nitriles is 1. The Morgan fingerprint density at radius 2 is 1.77 bits per heavy atom. The van der Waals surface area contributed by atoms with Crippen LogP contribution in [0.25, 0.3) is 0 Å². The monoisotopic (exact) mass is 177 g/mol. The lowest BCUT2D eigenvalue weighted by Crippen LogP contribution is -2.28. The van der Waals surface area contributed by atoms with Gasteiger partial charge in [0.2, 0.25) is 0 Å². The fraction of sp³-hybridized carbons (Fsp3) is 0.917. The van der Waals surface area contributed by atoms with Crippen LogP contribution in [-0.2, 0) is 0 Å². The summed E-state index contributed by atoms with van der Waals surface area (Å²) < 4.78 is 0. The first-order valence-electron chi connectivity index (χ1n) is 5.76. The van der Waals surface area contributed by atoms with E-state index < -0.39 is 0 Å². The average Bonchev–Trinajstić information content (AvgIpc) is 2.13. The van der Waals surface area contributed by atoms with Crippen LogP contribution < -0.4 is 0 Å². The van der Waals surface area contributed by atoms with E-state index in [2.05, 4.69) is 6.07 Å². The summed E-state index contributed by atoms with van der Waals surface area (Å²) in [5.74, 6) is 0.901. The molecule has 0 aromatic heterocycles. The van der Waals surface area contributed by atoms with Crippen LogP contribution in [0.1, 0.15) is 57.8 Å². The molecule has 2 fully saturated rings. The van der Waals surface area contributed by atoms with Gasteiger partial charge in [0.25, 0.3) is 0 Å². The summed E-state index contributed by atoms with van der Waals surface area (Å²) in [6.07, 6.45) is 11.7. The Morgan fingerprint density at radius 3 is 2.23 bits per heavy atom. The third kappa shape index (κ3) is 1.88. The summed E-state index contributed by atoms with van der Waals surface area (Å²) in [5.41, 5.74) is 0.101. The summed E-state index contributed by atoms with van der Waals surface area (Å²) in [5, 5.41) is 9.26. The van der Waals surface area contributed by atoms with Crippen molar-refractivity contribution < 1.29 is 0 Å². The van der Waals surface area contributed by atoms with Crippen LogP contribution in [0.4, 0.5) is 0 Å². The summed E-state index contributed by atoms with van der Waals surface area (Å²) in [7, 11) is 0. The molecule has 0 aliphatic heterocycles. The third-order valence-corrected chi connectivity index (χ3v) is 3.95. The molecule has 1 nitrogen and oxygen atoms in total. The van der Waals surface area contributed by atoms with E-state index in [1.165, 1.54) is 57.8 Å². The van der Waals surface area contributed by atoms with Crippen LogP contribution in [0.5, 0.6) is 0 Å². The predicted octanol–water partition coefficient (Wildman–Crippen LogP) is 3.65. The second-order valence-corrected chi connectivity index (χ2v) is 4.95. The van der Waals surface area contributed by atoms with Crippen LogP contribution in [0.15, 0.2) is 0 Å². The minimum Gasteiger partial charge on any atom is -0.198 e. The lowest BCUT2D eigenvalue weighted by atomic mass is 9.66. The van der Waals surface area contributed by atoms with E-state index in [1.54, 1.807) is 0 Å². The lowest BCUT2D eigenvalue weighted by Gasteiger charge is -2.37. The minimum absolute atomic E-state index is 0.101. The molecule has 2 rings (SSSR count). The van der Waals surface area contributed by atoms with Gasteiger partial charge in [0.05, 0.1) is 11.5 Å². The highest BCUT2D eigenvalue weighted by molar-refractivity contribution is 5.02. The number of nitrogens with zero attached hydrogens (tertiary/aromatic N) is 1. The molecule has 2 saturated carbocycles. The van der Waals surface area contributed by atoms with Crippen LogP contribution in [-0.4, -0.2) is 0 Å². The lowest BCUT2D eigenvalue weighted by molar-refractivity contribution is 0.162. The van der Waals surface area contributed by atoms with Crippen molar-refractivity contribution in [3.8, 4) is 6.07 Å². The Hall–Kier alpha value is -0.510. The Morgan fingerprint density at radius 1 is 1.08 bits per heavy atom. The summed E-state index contributed by atoms with van der Waals surface area (Å²) in [6, 6.07) is 2.62. The molecule has 0 saturated heterocycles. The van der Waals surface area contributed by atoms with E-state index in [4.69, 9.17) is 0 Å². The zero-order chi connectivity index (χ0) is 9.15. The molecule has 72 valence electrons. The number of hydrogen-bond acceptors (Lipinski definition) is 1. The highest BCUT2D eigenvalue weighted by Gasteiger charge is 2.35. The molecular formula is C12H19N.